The summed E-state index contributed by atoms with van der Waals surface area (Å²) in [6.45, 7) is 5.11. The van der Waals surface area contributed by atoms with E-state index in [1.165, 1.54) is 12.5 Å². The SMILES string of the molecule is CCCNC(=O)C1CCCN(C(=O)C2CCN(C(=O)c3ccoc3)CC2)C1. The summed E-state index contributed by atoms with van der Waals surface area (Å²) in [7, 11) is 0. The lowest BCUT2D eigenvalue weighted by molar-refractivity contribution is -0.140. The minimum absolute atomic E-state index is 0.0414. The zero-order valence-electron chi connectivity index (χ0n) is 16.0. The Kier molecular flexibility index (Phi) is 6.53. The van der Waals surface area contributed by atoms with Gasteiger partial charge in [0, 0.05) is 38.6 Å². The van der Waals surface area contributed by atoms with Gasteiger partial charge in [0.25, 0.3) is 5.91 Å². The van der Waals surface area contributed by atoms with Crippen LogP contribution in [0.5, 0.6) is 0 Å². The number of hydrogen-bond acceptors (Lipinski definition) is 4. The van der Waals surface area contributed by atoms with E-state index in [9.17, 15) is 14.4 Å². The number of likely N-dealkylation sites (tertiary alicyclic amines) is 2. The highest BCUT2D eigenvalue weighted by molar-refractivity contribution is 5.94. The van der Waals surface area contributed by atoms with Crippen molar-refractivity contribution in [1.29, 1.82) is 0 Å². The van der Waals surface area contributed by atoms with Crippen LogP contribution in [-0.2, 0) is 9.59 Å². The van der Waals surface area contributed by atoms with Crippen molar-refractivity contribution in [3.63, 3.8) is 0 Å². The van der Waals surface area contributed by atoms with Crippen LogP contribution in [-0.4, -0.2) is 60.2 Å². The second kappa shape index (κ2) is 9.06. The molecule has 2 aliphatic heterocycles. The van der Waals surface area contributed by atoms with Gasteiger partial charge in [0.1, 0.15) is 6.26 Å². The lowest BCUT2D eigenvalue weighted by Gasteiger charge is -2.37. The van der Waals surface area contributed by atoms with Crippen molar-refractivity contribution >= 4 is 17.7 Å². The molecule has 0 aliphatic carbocycles. The topological polar surface area (TPSA) is 82.9 Å². The summed E-state index contributed by atoms with van der Waals surface area (Å²) in [5.41, 5.74) is 0.553. The first kappa shape index (κ1) is 19.5. The van der Waals surface area contributed by atoms with Gasteiger partial charge < -0.3 is 19.5 Å². The minimum Gasteiger partial charge on any atom is -0.472 e. The number of amides is 3. The maximum atomic E-state index is 12.9. The molecule has 0 saturated carbocycles. The predicted octanol–water partition coefficient (Wildman–Crippen LogP) is 1.90. The molecular formula is C20H29N3O4. The molecule has 148 valence electrons. The van der Waals surface area contributed by atoms with Gasteiger partial charge in [-0.1, -0.05) is 6.92 Å². The van der Waals surface area contributed by atoms with E-state index >= 15 is 0 Å². The van der Waals surface area contributed by atoms with Crippen molar-refractivity contribution in [2.75, 3.05) is 32.7 Å². The number of nitrogens with one attached hydrogen (secondary N) is 1. The fourth-order valence-electron chi connectivity index (χ4n) is 3.94. The van der Waals surface area contributed by atoms with Crippen LogP contribution in [0.25, 0.3) is 0 Å². The predicted molar refractivity (Wildman–Crippen MR) is 99.9 cm³/mol. The molecule has 27 heavy (non-hydrogen) atoms. The summed E-state index contributed by atoms with van der Waals surface area (Å²) in [6.07, 6.45) is 6.92. The third-order valence-corrected chi connectivity index (χ3v) is 5.55. The quantitative estimate of drug-likeness (QED) is 0.852. The Morgan fingerprint density at radius 1 is 1.11 bits per heavy atom. The van der Waals surface area contributed by atoms with Crippen LogP contribution >= 0.6 is 0 Å². The number of nitrogens with zero attached hydrogens (tertiary/aromatic N) is 2. The number of hydrogen-bond donors (Lipinski definition) is 1. The van der Waals surface area contributed by atoms with Crippen LogP contribution in [0.2, 0.25) is 0 Å². The van der Waals surface area contributed by atoms with Gasteiger partial charge in [0.05, 0.1) is 17.7 Å². The largest absolute Gasteiger partial charge is 0.472 e. The van der Waals surface area contributed by atoms with Gasteiger partial charge in [-0.3, -0.25) is 14.4 Å². The van der Waals surface area contributed by atoms with E-state index < -0.39 is 0 Å². The normalized spacial score (nSPS) is 21.1. The molecule has 0 radical (unpaired) electrons. The molecule has 7 nitrogen and oxygen atoms in total. The summed E-state index contributed by atoms with van der Waals surface area (Å²) in [6, 6.07) is 1.66. The Labute approximate surface area is 160 Å². The highest BCUT2D eigenvalue weighted by Crippen LogP contribution is 2.24. The number of rotatable bonds is 5. The molecule has 2 aliphatic rings. The molecule has 3 amide bonds. The molecule has 1 unspecified atom stereocenters. The van der Waals surface area contributed by atoms with Gasteiger partial charge in [-0.2, -0.15) is 0 Å². The highest BCUT2D eigenvalue weighted by atomic mass is 16.3. The first-order chi connectivity index (χ1) is 13.1. The number of carbonyl (C=O) groups excluding carboxylic acids is 3. The first-order valence-corrected chi connectivity index (χ1v) is 9.98. The molecule has 3 rings (SSSR count). The molecule has 1 N–H and O–H groups in total. The molecule has 0 aromatic carbocycles. The van der Waals surface area contributed by atoms with Crippen LogP contribution in [0.4, 0.5) is 0 Å². The van der Waals surface area contributed by atoms with Crippen molar-refractivity contribution < 1.29 is 18.8 Å². The van der Waals surface area contributed by atoms with Crippen molar-refractivity contribution in [2.45, 2.75) is 39.0 Å². The summed E-state index contributed by atoms with van der Waals surface area (Å²) in [4.78, 5) is 41.2. The minimum atomic E-state index is -0.1000. The molecule has 0 spiro atoms. The zero-order chi connectivity index (χ0) is 19.2. The molecular weight excluding hydrogens is 346 g/mol. The van der Waals surface area contributed by atoms with Crippen molar-refractivity contribution in [3.8, 4) is 0 Å². The molecule has 0 bridgehead atoms. The van der Waals surface area contributed by atoms with E-state index in [-0.39, 0.29) is 29.6 Å². The lowest BCUT2D eigenvalue weighted by atomic mass is 9.91. The summed E-state index contributed by atoms with van der Waals surface area (Å²) in [5.74, 6) is 0.00132. The van der Waals surface area contributed by atoms with E-state index in [2.05, 4.69) is 5.32 Å². The van der Waals surface area contributed by atoms with Gasteiger partial charge in [-0.05, 0) is 38.2 Å². The molecule has 7 heteroatoms. The number of furan rings is 1. The van der Waals surface area contributed by atoms with E-state index in [1.54, 1.807) is 11.0 Å². The molecule has 1 aromatic heterocycles. The van der Waals surface area contributed by atoms with Gasteiger partial charge in [0.2, 0.25) is 11.8 Å². The van der Waals surface area contributed by atoms with E-state index in [1.807, 2.05) is 11.8 Å². The Hall–Kier alpha value is -2.31. The summed E-state index contributed by atoms with van der Waals surface area (Å²) < 4.78 is 4.98. The van der Waals surface area contributed by atoms with Crippen LogP contribution in [0.3, 0.4) is 0 Å². The Morgan fingerprint density at radius 3 is 2.56 bits per heavy atom. The third kappa shape index (κ3) is 4.70. The van der Waals surface area contributed by atoms with E-state index in [0.29, 0.717) is 44.6 Å². The van der Waals surface area contributed by atoms with Gasteiger partial charge in [-0.25, -0.2) is 0 Å². The third-order valence-electron chi connectivity index (χ3n) is 5.55. The number of piperidine rings is 2. The molecule has 2 fully saturated rings. The van der Waals surface area contributed by atoms with Gasteiger partial charge >= 0.3 is 0 Å². The van der Waals surface area contributed by atoms with E-state index in [0.717, 1.165) is 25.8 Å². The fraction of sp³-hybridized carbons (Fsp3) is 0.650. The standard InChI is InChI=1S/C20H29N3O4/c1-2-8-21-18(24)16-4-3-9-23(13-16)19(25)15-5-10-22(11-6-15)20(26)17-7-12-27-14-17/h7,12,14-16H,2-6,8-11,13H2,1H3,(H,21,24). The highest BCUT2D eigenvalue weighted by Gasteiger charge is 2.34. The first-order valence-electron chi connectivity index (χ1n) is 9.98. The summed E-state index contributed by atoms with van der Waals surface area (Å²) >= 11 is 0. The van der Waals surface area contributed by atoms with Crippen molar-refractivity contribution in [3.05, 3.63) is 24.2 Å². The van der Waals surface area contributed by atoms with Crippen LogP contribution in [0.15, 0.2) is 23.0 Å². The molecule has 1 aromatic rings. The van der Waals surface area contributed by atoms with E-state index in [4.69, 9.17) is 4.42 Å². The number of carbonyl (C=O) groups is 3. The average Bonchev–Trinajstić information content (AvgIpc) is 3.26. The van der Waals surface area contributed by atoms with Crippen molar-refractivity contribution in [1.82, 2.24) is 15.1 Å². The van der Waals surface area contributed by atoms with Gasteiger partial charge in [-0.15, -0.1) is 0 Å². The van der Waals surface area contributed by atoms with Gasteiger partial charge in [0.15, 0.2) is 0 Å². The molecule has 1 atom stereocenters. The lowest BCUT2D eigenvalue weighted by Crippen LogP contribution is -2.49. The second-order valence-corrected chi connectivity index (χ2v) is 7.49. The molecule has 3 heterocycles. The van der Waals surface area contributed by atoms with Crippen LogP contribution in [0, 0.1) is 11.8 Å². The Bertz CT molecular complexity index is 650. The maximum Gasteiger partial charge on any atom is 0.257 e. The van der Waals surface area contributed by atoms with Crippen LogP contribution in [0.1, 0.15) is 49.4 Å². The Morgan fingerprint density at radius 2 is 1.89 bits per heavy atom. The Balaban J connectivity index is 1.50. The zero-order valence-corrected chi connectivity index (χ0v) is 16.0. The smallest absolute Gasteiger partial charge is 0.257 e. The van der Waals surface area contributed by atoms with Crippen molar-refractivity contribution in [2.24, 2.45) is 11.8 Å². The fourth-order valence-corrected chi connectivity index (χ4v) is 3.94. The maximum absolute atomic E-state index is 12.9. The summed E-state index contributed by atoms with van der Waals surface area (Å²) in [5, 5.41) is 2.94. The molecule has 2 saturated heterocycles. The second-order valence-electron chi connectivity index (χ2n) is 7.49. The van der Waals surface area contributed by atoms with Crippen LogP contribution < -0.4 is 5.32 Å². The monoisotopic (exact) mass is 375 g/mol. The average molecular weight is 375 g/mol.